The molecule has 0 radical (unpaired) electrons. The third-order valence-electron chi connectivity index (χ3n) is 16.2. The Hall–Kier alpha value is -9.18. The highest BCUT2D eigenvalue weighted by molar-refractivity contribution is 6.99. The molecule has 0 amide bonds. The fourth-order valence-corrected chi connectivity index (χ4v) is 12.6. The van der Waals surface area contributed by atoms with Crippen molar-refractivity contribution in [3.63, 3.8) is 0 Å². The number of hydrogen-bond acceptors (Lipinski definition) is 2. The summed E-state index contributed by atoms with van der Waals surface area (Å²) in [6.07, 6.45) is 0. The van der Waals surface area contributed by atoms with Crippen LogP contribution in [0.15, 0.2) is 249 Å². The van der Waals surface area contributed by atoms with Crippen LogP contribution in [-0.4, -0.2) is 6.71 Å². The Morgan fingerprint density at radius 3 is 1.48 bits per heavy atom. The van der Waals surface area contributed by atoms with Crippen molar-refractivity contribution < 1.29 is 4.74 Å². The van der Waals surface area contributed by atoms with E-state index in [1.165, 1.54) is 87.3 Å². The number of nitrogens with zero attached hydrogens (tertiary/aromatic N) is 1. The third kappa shape index (κ3) is 6.88. The maximum absolute atomic E-state index is 7.25. The van der Waals surface area contributed by atoms with Crippen LogP contribution in [0.2, 0.25) is 0 Å². The van der Waals surface area contributed by atoms with E-state index < -0.39 is 0 Å². The van der Waals surface area contributed by atoms with Crippen molar-refractivity contribution in [2.45, 2.75) is 26.2 Å². The molecule has 2 heterocycles. The van der Waals surface area contributed by atoms with Crippen LogP contribution in [0.4, 0.5) is 17.1 Å². The van der Waals surface area contributed by atoms with Crippen LogP contribution < -0.4 is 26.0 Å². The van der Waals surface area contributed by atoms with Crippen molar-refractivity contribution >= 4 is 83.3 Å². The largest absolute Gasteiger partial charge is 0.458 e. The summed E-state index contributed by atoms with van der Waals surface area (Å²) in [5.74, 6) is 1.80. The number of hydrogen-bond donors (Lipinski definition) is 0. The number of benzene rings is 13. The Balaban J connectivity index is 1.07. The molecule has 0 fully saturated rings. The molecule has 352 valence electrons. The van der Waals surface area contributed by atoms with Crippen molar-refractivity contribution in [1.29, 1.82) is 0 Å². The first kappa shape index (κ1) is 43.4. The summed E-state index contributed by atoms with van der Waals surface area (Å²) < 4.78 is 7.25. The Kier molecular flexibility index (Phi) is 9.65. The van der Waals surface area contributed by atoms with E-state index in [2.05, 4.69) is 274 Å². The Morgan fingerprint density at radius 2 is 0.867 bits per heavy atom. The van der Waals surface area contributed by atoms with Gasteiger partial charge in [-0.2, -0.15) is 0 Å². The van der Waals surface area contributed by atoms with Gasteiger partial charge in [-0.25, -0.2) is 0 Å². The maximum atomic E-state index is 7.25. The summed E-state index contributed by atoms with van der Waals surface area (Å²) in [5.41, 5.74) is 19.7. The van der Waals surface area contributed by atoms with E-state index >= 15 is 0 Å². The summed E-state index contributed by atoms with van der Waals surface area (Å²) >= 11 is 0. The first-order valence-electron chi connectivity index (χ1n) is 26.3. The van der Waals surface area contributed by atoms with Crippen LogP contribution in [0.3, 0.4) is 0 Å². The van der Waals surface area contributed by atoms with Gasteiger partial charge in [0, 0.05) is 22.5 Å². The lowest BCUT2D eigenvalue weighted by Crippen LogP contribution is -2.59. The summed E-state index contributed by atoms with van der Waals surface area (Å²) in [4.78, 5) is 2.62. The average Bonchev–Trinajstić information content (AvgIpc) is 3.50. The minimum Gasteiger partial charge on any atom is -0.458 e. The topological polar surface area (TPSA) is 12.5 Å². The van der Waals surface area contributed by atoms with E-state index in [-0.39, 0.29) is 12.1 Å². The van der Waals surface area contributed by atoms with Gasteiger partial charge in [-0.1, -0.05) is 221 Å². The Bertz CT molecular complexity index is 4340. The van der Waals surface area contributed by atoms with Crippen LogP contribution in [0.1, 0.15) is 26.3 Å². The molecule has 2 aliphatic rings. The number of ether oxygens (including phenoxy) is 1. The zero-order valence-electron chi connectivity index (χ0n) is 42.1. The van der Waals surface area contributed by atoms with Crippen molar-refractivity contribution in [3.05, 3.63) is 254 Å². The van der Waals surface area contributed by atoms with Gasteiger partial charge in [0.05, 0.1) is 5.69 Å². The van der Waals surface area contributed by atoms with Crippen LogP contribution >= 0.6 is 0 Å². The Labute approximate surface area is 438 Å². The molecule has 0 spiro atoms. The Morgan fingerprint density at radius 1 is 0.347 bits per heavy atom. The fourth-order valence-electron chi connectivity index (χ4n) is 12.6. The predicted octanol–water partition coefficient (Wildman–Crippen LogP) is 17.8. The molecule has 2 aliphatic heterocycles. The number of anilines is 3. The molecule has 2 nitrogen and oxygen atoms in total. The first-order valence-corrected chi connectivity index (χ1v) is 26.3. The highest BCUT2D eigenvalue weighted by Gasteiger charge is 2.44. The lowest BCUT2D eigenvalue weighted by Gasteiger charge is -2.42. The van der Waals surface area contributed by atoms with Gasteiger partial charge >= 0.3 is 0 Å². The molecule has 0 bridgehead atoms. The van der Waals surface area contributed by atoms with Crippen molar-refractivity contribution in [2.24, 2.45) is 0 Å². The average molecular weight is 956 g/mol. The third-order valence-corrected chi connectivity index (χ3v) is 16.2. The maximum Gasteiger partial charge on any atom is 0.256 e. The predicted molar refractivity (Wildman–Crippen MR) is 319 cm³/mol. The van der Waals surface area contributed by atoms with Crippen LogP contribution in [-0.2, 0) is 5.41 Å². The fraction of sp³-hybridized carbons (Fsp3) is 0.0556. The second kappa shape index (κ2) is 16.7. The smallest absolute Gasteiger partial charge is 0.256 e. The second-order valence-corrected chi connectivity index (χ2v) is 21.6. The van der Waals surface area contributed by atoms with Crippen molar-refractivity contribution in [1.82, 2.24) is 0 Å². The molecular formula is C72H50BNO. The van der Waals surface area contributed by atoms with Gasteiger partial charge in [-0.05, 0) is 163 Å². The lowest BCUT2D eigenvalue weighted by atomic mass is 9.34. The monoisotopic (exact) mass is 955 g/mol. The quantitative estimate of drug-likeness (QED) is 0.0935. The molecule has 0 saturated heterocycles. The summed E-state index contributed by atoms with van der Waals surface area (Å²) in [7, 11) is 0. The molecule has 13 aromatic rings. The molecule has 0 aliphatic carbocycles. The van der Waals surface area contributed by atoms with E-state index in [1.54, 1.807) is 0 Å². The van der Waals surface area contributed by atoms with Gasteiger partial charge < -0.3 is 9.64 Å². The highest BCUT2D eigenvalue weighted by Crippen LogP contribution is 2.52. The summed E-state index contributed by atoms with van der Waals surface area (Å²) in [5, 5.41) is 10.3. The van der Waals surface area contributed by atoms with Crippen molar-refractivity contribution in [2.75, 3.05) is 4.90 Å². The molecule has 15 rings (SSSR count). The summed E-state index contributed by atoms with van der Waals surface area (Å²) in [6, 6.07) is 92.6. The van der Waals surface area contributed by atoms with E-state index in [0.717, 1.165) is 61.9 Å². The number of fused-ring (bicyclic) bond motifs is 6. The molecule has 3 heteroatoms. The molecule has 0 N–H and O–H groups in total. The van der Waals surface area contributed by atoms with Crippen LogP contribution in [0, 0.1) is 0 Å². The zero-order chi connectivity index (χ0) is 49.9. The van der Waals surface area contributed by atoms with Gasteiger partial charge in [-0.15, -0.1) is 0 Å². The van der Waals surface area contributed by atoms with Gasteiger partial charge in [0.1, 0.15) is 11.5 Å². The van der Waals surface area contributed by atoms with Gasteiger partial charge in [0.15, 0.2) is 0 Å². The standard InChI is InChI=1S/C72H50BNO/c1-72(2,3)55-43-65-70-67(44-55)75-66-36-34-50(45-19-8-4-9-20-45)41-63(66)73(70)62-35-33-51(53-37-52-29-18-31-57-56-30-16-27-49-28-17-32-58(68(49)56)61(40-53)69(52)57)42-64(62)74(65)71-59(47-23-12-6-13-24-47)38-54(46-21-10-5-11-22-46)39-60(71)48-25-14-7-15-26-48/h4-44H,1-3H3. The SMILES string of the molecule is CC(C)(C)c1cc2c3c(c1)N(c1c(-c4ccccc4)cc(-c4ccccc4)cc1-c1ccccc1)c1cc(-c4cc5cccc6c7cccc8cccc(c(c4)c56)c87)ccc1B3c1cc(-c3ccccc3)ccc1O2. The highest BCUT2D eigenvalue weighted by atomic mass is 16.5. The van der Waals surface area contributed by atoms with E-state index in [0.29, 0.717) is 0 Å². The molecule has 0 unspecified atom stereocenters. The normalized spacial score (nSPS) is 12.8. The molecule has 13 aromatic carbocycles. The molecule has 75 heavy (non-hydrogen) atoms. The first-order chi connectivity index (χ1) is 36.8. The number of rotatable bonds is 6. The van der Waals surface area contributed by atoms with E-state index in [4.69, 9.17) is 4.74 Å². The summed E-state index contributed by atoms with van der Waals surface area (Å²) in [6.45, 7) is 6.83. The minimum absolute atomic E-state index is 0.116. The molecule has 0 aromatic heterocycles. The minimum atomic E-state index is -0.190. The van der Waals surface area contributed by atoms with Gasteiger partial charge in [-0.3, -0.25) is 0 Å². The van der Waals surface area contributed by atoms with E-state index in [1.807, 2.05) is 0 Å². The van der Waals surface area contributed by atoms with Crippen LogP contribution in [0.25, 0.3) is 98.7 Å². The molecule has 0 saturated carbocycles. The van der Waals surface area contributed by atoms with E-state index in [9.17, 15) is 0 Å². The molecular weight excluding hydrogens is 906 g/mol. The zero-order valence-corrected chi connectivity index (χ0v) is 42.1. The second-order valence-electron chi connectivity index (χ2n) is 21.6. The van der Waals surface area contributed by atoms with Gasteiger partial charge in [0.25, 0.3) is 6.71 Å². The van der Waals surface area contributed by atoms with Gasteiger partial charge in [0.2, 0.25) is 0 Å². The van der Waals surface area contributed by atoms with Crippen LogP contribution in [0.5, 0.6) is 11.5 Å². The lowest BCUT2D eigenvalue weighted by molar-refractivity contribution is 0.483. The van der Waals surface area contributed by atoms with Crippen molar-refractivity contribution in [3.8, 4) is 67.1 Å². The molecule has 0 atom stereocenters.